The van der Waals surface area contributed by atoms with E-state index in [0.717, 1.165) is 65.7 Å². The van der Waals surface area contributed by atoms with E-state index < -0.39 is 6.04 Å². The van der Waals surface area contributed by atoms with E-state index in [4.69, 9.17) is 11.3 Å². The first kappa shape index (κ1) is 19.0. The molecular weight excluding hydrogens is 484 g/mol. The minimum atomic E-state index is -0.400. The van der Waals surface area contributed by atoms with Crippen LogP contribution in [0, 0.1) is 0 Å². The molecule has 0 unspecified atom stereocenters. The Hall–Kier alpha value is -5.14. The molecule has 8 rings (SSSR count). The second kappa shape index (κ2) is 9.55. The number of rotatable bonds is 3. The SMILES string of the molecule is C.[2H]c1c([2H])c([2H])c(-c2c3ccccc3c(-c3cccc4oc5cc(-c6ccccc6)ccc5c34)c3ccccc23)c([2H])c1[2H]. The lowest BCUT2D eigenvalue weighted by atomic mass is 9.85. The number of benzene rings is 7. The van der Waals surface area contributed by atoms with Crippen LogP contribution in [-0.2, 0) is 0 Å². The fourth-order valence-electron chi connectivity index (χ4n) is 5.91. The van der Waals surface area contributed by atoms with Gasteiger partial charge in [0.25, 0.3) is 0 Å². The van der Waals surface area contributed by atoms with Crippen LogP contribution in [-0.4, -0.2) is 0 Å². The summed E-state index contributed by atoms with van der Waals surface area (Å²) < 4.78 is 49.0. The van der Waals surface area contributed by atoms with E-state index in [1.165, 1.54) is 0 Å². The van der Waals surface area contributed by atoms with Crippen molar-refractivity contribution < 1.29 is 11.3 Å². The zero-order chi connectivity index (χ0) is 30.1. The molecule has 1 nitrogen and oxygen atoms in total. The molecular formula is C39H28O. The van der Waals surface area contributed by atoms with Crippen molar-refractivity contribution in [2.75, 3.05) is 0 Å². The molecule has 0 aliphatic carbocycles. The predicted octanol–water partition coefficient (Wildman–Crippen LogP) is 11.5. The molecule has 0 spiro atoms. The van der Waals surface area contributed by atoms with Crippen LogP contribution >= 0.6 is 0 Å². The maximum absolute atomic E-state index is 8.81. The standard InChI is InChI=1S/C38H24O.CH4/c1-3-12-25(13-4-1)27-22-23-32-35(24-27)39-34-21-11-20-33(38(32)34)37-30-18-9-7-16-28(30)36(26-14-5-2-6-15-26)29-17-8-10-19-31(29)37;/h1-24H;1H4/i2D,5D,6D,14D,15D;. The van der Waals surface area contributed by atoms with Gasteiger partial charge in [0.1, 0.15) is 11.2 Å². The average Bonchev–Trinajstić information content (AvgIpc) is 3.45. The van der Waals surface area contributed by atoms with Gasteiger partial charge in [-0.1, -0.05) is 135 Å². The summed E-state index contributed by atoms with van der Waals surface area (Å²) in [5.74, 6) is 0. The third-order valence-corrected chi connectivity index (χ3v) is 7.56. The molecule has 1 heterocycles. The van der Waals surface area contributed by atoms with Crippen molar-refractivity contribution in [3.63, 3.8) is 0 Å². The van der Waals surface area contributed by atoms with E-state index in [-0.39, 0.29) is 37.2 Å². The molecule has 7 aromatic carbocycles. The lowest BCUT2D eigenvalue weighted by Crippen LogP contribution is -1.91. The zero-order valence-corrected chi connectivity index (χ0v) is 20.9. The second-order valence-electron chi connectivity index (χ2n) is 9.70. The Labute approximate surface area is 241 Å². The molecule has 0 saturated carbocycles. The van der Waals surface area contributed by atoms with Gasteiger partial charge in [0, 0.05) is 10.8 Å². The lowest BCUT2D eigenvalue weighted by Gasteiger charge is -2.18. The Balaban J connectivity index is 0.00000325. The zero-order valence-electron chi connectivity index (χ0n) is 25.9. The molecule has 0 saturated heterocycles. The van der Waals surface area contributed by atoms with Crippen molar-refractivity contribution in [2.45, 2.75) is 7.43 Å². The largest absolute Gasteiger partial charge is 0.456 e. The minimum Gasteiger partial charge on any atom is -0.456 e. The highest BCUT2D eigenvalue weighted by Gasteiger charge is 2.20. The molecule has 1 aromatic heterocycles. The van der Waals surface area contributed by atoms with E-state index in [1.54, 1.807) is 0 Å². The Morgan fingerprint density at radius 3 is 1.75 bits per heavy atom. The van der Waals surface area contributed by atoms with Gasteiger partial charge < -0.3 is 4.42 Å². The van der Waals surface area contributed by atoms with Crippen LogP contribution in [0.3, 0.4) is 0 Å². The minimum absolute atomic E-state index is 0. The summed E-state index contributed by atoms with van der Waals surface area (Å²) in [5.41, 5.74) is 6.64. The molecule has 0 atom stereocenters. The fraction of sp³-hybridized carbons (Fsp3) is 0.0256. The topological polar surface area (TPSA) is 13.1 Å². The van der Waals surface area contributed by atoms with Crippen molar-refractivity contribution in [1.82, 2.24) is 0 Å². The third-order valence-electron chi connectivity index (χ3n) is 7.56. The van der Waals surface area contributed by atoms with Gasteiger partial charge in [0.15, 0.2) is 0 Å². The molecule has 8 aromatic rings. The number of fused-ring (bicyclic) bond motifs is 5. The normalized spacial score (nSPS) is 13.1. The number of hydrogen-bond acceptors (Lipinski definition) is 1. The van der Waals surface area contributed by atoms with Gasteiger partial charge in [-0.15, -0.1) is 0 Å². The van der Waals surface area contributed by atoms with Gasteiger partial charge in [-0.05, 0) is 73.1 Å². The van der Waals surface area contributed by atoms with Crippen molar-refractivity contribution in [2.24, 2.45) is 0 Å². The van der Waals surface area contributed by atoms with Crippen molar-refractivity contribution >= 4 is 43.5 Å². The Morgan fingerprint density at radius 1 is 0.450 bits per heavy atom. The first-order valence-corrected chi connectivity index (χ1v) is 13.0. The Bertz CT molecular complexity index is 2360. The van der Waals surface area contributed by atoms with Crippen LogP contribution in [0.1, 0.15) is 14.3 Å². The number of hydrogen-bond donors (Lipinski definition) is 0. The van der Waals surface area contributed by atoms with Gasteiger partial charge in [-0.2, -0.15) is 0 Å². The highest BCUT2D eigenvalue weighted by molar-refractivity contribution is 6.25. The van der Waals surface area contributed by atoms with E-state index in [9.17, 15) is 0 Å². The van der Waals surface area contributed by atoms with Gasteiger partial charge in [0.2, 0.25) is 0 Å². The number of furan rings is 1. The fourth-order valence-corrected chi connectivity index (χ4v) is 5.91. The summed E-state index contributed by atoms with van der Waals surface area (Å²) in [7, 11) is 0. The van der Waals surface area contributed by atoms with Crippen LogP contribution in [0.2, 0.25) is 0 Å². The summed E-state index contributed by atoms with van der Waals surface area (Å²) in [6, 6.07) is 37.0. The molecule has 0 radical (unpaired) electrons. The molecule has 0 aliphatic rings. The van der Waals surface area contributed by atoms with Gasteiger partial charge in [-0.3, -0.25) is 0 Å². The van der Waals surface area contributed by atoms with E-state index in [2.05, 4.69) is 36.4 Å². The molecule has 40 heavy (non-hydrogen) atoms. The molecule has 0 N–H and O–H groups in total. The third kappa shape index (κ3) is 3.63. The molecule has 0 fully saturated rings. The first-order valence-electron chi connectivity index (χ1n) is 15.5. The Morgan fingerprint density at radius 2 is 1.07 bits per heavy atom. The maximum Gasteiger partial charge on any atom is 0.136 e. The van der Waals surface area contributed by atoms with Gasteiger partial charge in [0.05, 0.1) is 6.85 Å². The maximum atomic E-state index is 8.81. The van der Waals surface area contributed by atoms with Crippen molar-refractivity contribution in [3.8, 4) is 33.4 Å². The van der Waals surface area contributed by atoms with Crippen LogP contribution < -0.4 is 0 Å². The smallest absolute Gasteiger partial charge is 0.136 e. The van der Waals surface area contributed by atoms with Crippen LogP contribution in [0.15, 0.2) is 150 Å². The highest BCUT2D eigenvalue weighted by atomic mass is 16.3. The highest BCUT2D eigenvalue weighted by Crippen LogP contribution is 2.46. The summed E-state index contributed by atoms with van der Waals surface area (Å²) in [6.45, 7) is 0. The van der Waals surface area contributed by atoms with E-state index in [1.807, 2.05) is 78.9 Å². The average molecular weight is 518 g/mol. The van der Waals surface area contributed by atoms with Crippen molar-refractivity contribution in [3.05, 3.63) is 145 Å². The summed E-state index contributed by atoms with van der Waals surface area (Å²) >= 11 is 0. The summed E-state index contributed by atoms with van der Waals surface area (Å²) in [6.07, 6.45) is 0. The summed E-state index contributed by atoms with van der Waals surface area (Å²) in [5, 5.41) is 5.50. The van der Waals surface area contributed by atoms with Crippen molar-refractivity contribution in [1.29, 1.82) is 0 Å². The first-order chi connectivity index (χ1) is 21.4. The Kier molecular flexibility index (Phi) is 4.54. The van der Waals surface area contributed by atoms with E-state index >= 15 is 0 Å². The van der Waals surface area contributed by atoms with Gasteiger partial charge in [-0.25, -0.2) is 0 Å². The molecule has 0 bridgehead atoms. The molecule has 0 amide bonds. The van der Waals surface area contributed by atoms with Gasteiger partial charge >= 0.3 is 0 Å². The predicted molar refractivity (Wildman–Crippen MR) is 172 cm³/mol. The quantitative estimate of drug-likeness (QED) is 0.212. The monoisotopic (exact) mass is 517 g/mol. The molecule has 1 heteroatoms. The van der Waals surface area contributed by atoms with Crippen LogP contribution in [0.4, 0.5) is 0 Å². The lowest BCUT2D eigenvalue weighted by molar-refractivity contribution is 0.669. The van der Waals surface area contributed by atoms with Crippen LogP contribution in [0.5, 0.6) is 0 Å². The molecule has 0 aliphatic heterocycles. The van der Waals surface area contributed by atoms with Crippen LogP contribution in [0.25, 0.3) is 76.9 Å². The summed E-state index contributed by atoms with van der Waals surface area (Å²) in [4.78, 5) is 0. The molecule has 190 valence electrons. The van der Waals surface area contributed by atoms with E-state index in [0.29, 0.717) is 5.56 Å². The second-order valence-corrected chi connectivity index (χ2v) is 9.70.